The number of amides is 1. The van der Waals surface area contributed by atoms with Gasteiger partial charge < -0.3 is 19.3 Å². The van der Waals surface area contributed by atoms with E-state index in [1.54, 1.807) is 34.3 Å². The van der Waals surface area contributed by atoms with Crippen molar-refractivity contribution < 1.29 is 24.6 Å². The van der Waals surface area contributed by atoms with Gasteiger partial charge in [-0.2, -0.15) is 0 Å². The van der Waals surface area contributed by atoms with Gasteiger partial charge in [-0.05, 0) is 23.8 Å². The molecule has 29 heavy (non-hydrogen) atoms. The van der Waals surface area contributed by atoms with Crippen LogP contribution in [0.15, 0.2) is 48.5 Å². The van der Waals surface area contributed by atoms with E-state index in [-0.39, 0.29) is 5.69 Å². The molecule has 150 valence electrons. The molecule has 8 heteroatoms. The molecule has 3 N–H and O–H groups in total. The summed E-state index contributed by atoms with van der Waals surface area (Å²) in [6.45, 7) is 2.74. The second-order valence-corrected chi connectivity index (χ2v) is 6.84. The summed E-state index contributed by atoms with van der Waals surface area (Å²) >= 11 is 0. The highest BCUT2D eigenvalue weighted by Crippen LogP contribution is 2.35. The summed E-state index contributed by atoms with van der Waals surface area (Å²) in [5.41, 5.74) is 4.56. The maximum absolute atomic E-state index is 12.3. The normalized spacial score (nSPS) is 14.2. The maximum atomic E-state index is 12.3. The number of ether oxygens (including phenoxy) is 1. The van der Waals surface area contributed by atoms with Crippen LogP contribution in [0.3, 0.4) is 0 Å². The smallest absolute Gasteiger partial charge is 0.354 e. The van der Waals surface area contributed by atoms with E-state index in [4.69, 9.17) is 9.94 Å². The van der Waals surface area contributed by atoms with Gasteiger partial charge in [-0.1, -0.05) is 30.3 Å². The molecule has 2 heterocycles. The van der Waals surface area contributed by atoms with Crippen LogP contribution < -0.4 is 10.4 Å². The van der Waals surface area contributed by atoms with Crippen LogP contribution in [0.1, 0.15) is 26.4 Å². The van der Waals surface area contributed by atoms with Crippen molar-refractivity contribution in [2.24, 2.45) is 0 Å². The third-order valence-electron chi connectivity index (χ3n) is 5.13. The van der Waals surface area contributed by atoms with Gasteiger partial charge >= 0.3 is 5.97 Å². The predicted molar refractivity (Wildman–Crippen MR) is 107 cm³/mol. The fourth-order valence-electron chi connectivity index (χ4n) is 3.78. The highest BCUT2D eigenvalue weighted by molar-refractivity contribution is 6.06. The quantitative estimate of drug-likeness (QED) is 0.453. The lowest BCUT2D eigenvalue weighted by atomic mass is 10.1. The fraction of sp³-hybridized carbons (Fsp3) is 0.238. The summed E-state index contributed by atoms with van der Waals surface area (Å²) in [6.07, 6.45) is 0. The number of hydrogen-bond acceptors (Lipinski definition) is 5. The summed E-state index contributed by atoms with van der Waals surface area (Å²) in [5, 5.41) is 19.7. The maximum Gasteiger partial charge on any atom is 0.354 e. The Morgan fingerprint density at radius 3 is 2.38 bits per heavy atom. The molecule has 0 spiro atoms. The van der Waals surface area contributed by atoms with Crippen molar-refractivity contribution in [3.63, 3.8) is 0 Å². The second kappa shape index (κ2) is 7.94. The summed E-state index contributed by atoms with van der Waals surface area (Å²) in [7, 11) is 0. The molecular formula is C21H21N3O5. The Kier molecular flexibility index (Phi) is 5.20. The number of carboxylic acid groups (broad SMARTS) is 1. The summed E-state index contributed by atoms with van der Waals surface area (Å²) < 4.78 is 7.22. The molecule has 1 amide bonds. The highest BCUT2D eigenvalue weighted by Gasteiger charge is 2.27. The molecule has 0 saturated carbocycles. The molecular weight excluding hydrogens is 374 g/mol. The number of morpholine rings is 1. The van der Waals surface area contributed by atoms with Crippen LogP contribution in [-0.2, 0) is 11.3 Å². The van der Waals surface area contributed by atoms with Gasteiger partial charge in [-0.15, -0.1) is 0 Å². The van der Waals surface area contributed by atoms with E-state index in [0.29, 0.717) is 44.1 Å². The van der Waals surface area contributed by atoms with Gasteiger partial charge in [0.1, 0.15) is 0 Å². The Morgan fingerprint density at radius 1 is 1.03 bits per heavy atom. The number of para-hydroxylation sites is 1. The van der Waals surface area contributed by atoms with Crippen molar-refractivity contribution in [3.8, 4) is 0 Å². The zero-order chi connectivity index (χ0) is 20.4. The Bertz CT molecular complexity index is 1050. The molecule has 0 aliphatic carbocycles. The average Bonchev–Trinajstić information content (AvgIpc) is 3.09. The second-order valence-electron chi connectivity index (χ2n) is 6.84. The van der Waals surface area contributed by atoms with Gasteiger partial charge in [0.15, 0.2) is 5.69 Å². The summed E-state index contributed by atoms with van der Waals surface area (Å²) in [6, 6.07) is 14.3. The van der Waals surface area contributed by atoms with Gasteiger partial charge in [0, 0.05) is 30.6 Å². The van der Waals surface area contributed by atoms with Crippen LogP contribution in [0.25, 0.3) is 10.9 Å². The van der Waals surface area contributed by atoms with Crippen LogP contribution >= 0.6 is 0 Å². The molecule has 8 nitrogen and oxygen atoms in total. The first-order chi connectivity index (χ1) is 14.1. The number of rotatable bonds is 5. The van der Waals surface area contributed by atoms with E-state index in [0.717, 1.165) is 16.5 Å². The van der Waals surface area contributed by atoms with Crippen molar-refractivity contribution in [2.45, 2.75) is 6.54 Å². The van der Waals surface area contributed by atoms with E-state index < -0.39 is 11.9 Å². The minimum Gasteiger partial charge on any atom is -0.477 e. The Morgan fingerprint density at radius 2 is 1.72 bits per heavy atom. The minimum atomic E-state index is -0.987. The molecule has 1 aromatic heterocycles. The van der Waals surface area contributed by atoms with E-state index in [1.807, 2.05) is 24.3 Å². The number of hydrogen-bond donors (Lipinski definition) is 3. The average molecular weight is 395 g/mol. The number of benzene rings is 2. The van der Waals surface area contributed by atoms with Crippen molar-refractivity contribution in [3.05, 3.63) is 65.4 Å². The van der Waals surface area contributed by atoms with E-state index in [9.17, 15) is 14.7 Å². The first-order valence-corrected chi connectivity index (χ1v) is 9.30. The first-order valence-electron chi connectivity index (χ1n) is 9.30. The lowest BCUT2D eigenvalue weighted by molar-refractivity contribution is 0.0684. The van der Waals surface area contributed by atoms with Crippen LogP contribution in [0.4, 0.5) is 5.69 Å². The Hall–Kier alpha value is -3.36. The molecule has 2 aromatic carbocycles. The van der Waals surface area contributed by atoms with E-state index in [1.165, 1.54) is 0 Å². The Balaban J connectivity index is 1.80. The Labute approximate surface area is 166 Å². The molecule has 0 radical (unpaired) electrons. The number of carbonyl (C=O) groups excluding carboxylic acids is 1. The van der Waals surface area contributed by atoms with Crippen LogP contribution in [0, 0.1) is 0 Å². The lowest BCUT2D eigenvalue weighted by Crippen LogP contribution is -2.37. The van der Waals surface area contributed by atoms with Crippen LogP contribution in [0.5, 0.6) is 0 Å². The minimum absolute atomic E-state index is 0.241. The zero-order valence-electron chi connectivity index (χ0n) is 15.7. The number of hydroxylamine groups is 1. The van der Waals surface area contributed by atoms with E-state index >= 15 is 0 Å². The fourth-order valence-corrected chi connectivity index (χ4v) is 3.78. The number of carbonyl (C=O) groups is 2. The number of nitrogens with one attached hydrogen (secondary N) is 1. The molecule has 0 bridgehead atoms. The third-order valence-corrected chi connectivity index (χ3v) is 5.13. The van der Waals surface area contributed by atoms with Gasteiger partial charge in [0.25, 0.3) is 5.91 Å². The molecule has 3 aromatic rings. The van der Waals surface area contributed by atoms with Crippen molar-refractivity contribution >= 4 is 28.5 Å². The molecule has 1 aliphatic rings. The largest absolute Gasteiger partial charge is 0.477 e. The molecule has 1 fully saturated rings. The molecule has 4 rings (SSSR count). The van der Waals surface area contributed by atoms with Crippen molar-refractivity contribution in [1.29, 1.82) is 0 Å². The molecule has 1 saturated heterocycles. The van der Waals surface area contributed by atoms with Crippen molar-refractivity contribution in [2.75, 3.05) is 31.2 Å². The molecule has 0 atom stereocenters. The van der Waals surface area contributed by atoms with Crippen molar-refractivity contribution in [1.82, 2.24) is 10.0 Å². The number of aromatic carboxylic acids is 1. The first kappa shape index (κ1) is 19.0. The predicted octanol–water partition coefficient (Wildman–Crippen LogP) is 2.34. The van der Waals surface area contributed by atoms with Gasteiger partial charge in [-0.25, -0.2) is 10.3 Å². The summed E-state index contributed by atoms with van der Waals surface area (Å²) in [5.74, 6) is -1.58. The zero-order valence-corrected chi connectivity index (χ0v) is 15.7. The molecule has 0 unspecified atom stereocenters. The van der Waals surface area contributed by atoms with Gasteiger partial charge in [-0.3, -0.25) is 10.0 Å². The molecule has 1 aliphatic heterocycles. The van der Waals surface area contributed by atoms with Crippen LogP contribution in [0.2, 0.25) is 0 Å². The lowest BCUT2D eigenvalue weighted by Gasteiger charge is -2.29. The highest BCUT2D eigenvalue weighted by atomic mass is 16.5. The number of fused-ring (bicyclic) bond motifs is 1. The topological polar surface area (TPSA) is 104 Å². The SMILES string of the molecule is O=C(NO)c1ccc(Cn2c(C(=O)O)c(N3CCOCC3)c3ccccc32)cc1. The van der Waals surface area contributed by atoms with Gasteiger partial charge in [0.2, 0.25) is 0 Å². The van der Waals surface area contributed by atoms with Crippen LogP contribution in [-0.4, -0.2) is 53.1 Å². The summed E-state index contributed by atoms with van der Waals surface area (Å²) in [4.78, 5) is 25.9. The number of aromatic nitrogens is 1. The third kappa shape index (κ3) is 3.55. The van der Waals surface area contributed by atoms with E-state index in [2.05, 4.69) is 4.90 Å². The number of carboxylic acids is 1. The monoisotopic (exact) mass is 395 g/mol. The standard InChI is InChI=1S/C21H21N3O5/c25-20(22-28)15-7-5-14(6-8-15)13-24-17-4-2-1-3-16(17)18(19(24)21(26)27)23-9-11-29-12-10-23/h1-8,28H,9-13H2,(H,22,25)(H,26,27). The number of nitrogens with zero attached hydrogens (tertiary/aromatic N) is 2. The van der Waals surface area contributed by atoms with Gasteiger partial charge in [0.05, 0.1) is 24.4 Å². The number of anilines is 1.